The van der Waals surface area contributed by atoms with Crippen LogP contribution in [0.1, 0.15) is 32.1 Å². The van der Waals surface area contributed by atoms with Crippen LogP contribution < -0.4 is 32.5 Å². The van der Waals surface area contributed by atoms with E-state index in [2.05, 4.69) is 10.6 Å². The fourth-order valence-electron chi connectivity index (χ4n) is 2.28. The second-order valence-corrected chi connectivity index (χ2v) is 6.75. The van der Waals surface area contributed by atoms with E-state index in [1.807, 2.05) is 51.1 Å². The number of rotatable bonds is 8. The van der Waals surface area contributed by atoms with E-state index < -0.39 is 0 Å². The van der Waals surface area contributed by atoms with Crippen molar-refractivity contribution in [1.29, 1.82) is 0 Å². The summed E-state index contributed by atoms with van der Waals surface area (Å²) in [5, 5.41) is 6.15. The largest absolute Gasteiger partial charge is 1.00 e. The van der Waals surface area contributed by atoms with Crippen molar-refractivity contribution in [3.63, 3.8) is 0 Å². The van der Waals surface area contributed by atoms with E-state index in [1.54, 1.807) is 13.4 Å². The molecule has 26 heavy (non-hydrogen) atoms. The lowest BCUT2D eigenvalue weighted by Gasteiger charge is -2.20. The fourth-order valence-corrected chi connectivity index (χ4v) is 2.28. The third kappa shape index (κ3) is 7.37. The van der Waals surface area contributed by atoms with E-state index in [4.69, 9.17) is 13.9 Å². The molecule has 2 rings (SSSR count). The van der Waals surface area contributed by atoms with Gasteiger partial charge < -0.3 is 36.9 Å². The van der Waals surface area contributed by atoms with E-state index in [1.165, 1.54) is 0 Å². The first-order valence-electron chi connectivity index (χ1n) is 8.21. The number of ether oxygens (including phenoxy) is 2. The summed E-state index contributed by atoms with van der Waals surface area (Å²) in [5.41, 5.74) is 0.767. The number of nitrogens with one attached hydrogen (secondary N) is 2. The van der Waals surface area contributed by atoms with Crippen molar-refractivity contribution in [1.82, 2.24) is 10.6 Å². The topological polar surface area (TPSA) is 72.7 Å². The van der Waals surface area contributed by atoms with Gasteiger partial charge in [0.25, 0.3) is 5.91 Å². The van der Waals surface area contributed by atoms with Crippen LogP contribution in [0, 0.1) is 0 Å². The third-order valence-electron chi connectivity index (χ3n) is 3.31. The molecule has 0 unspecified atom stereocenters. The molecule has 144 valence electrons. The number of benzene rings is 1. The molecule has 0 radical (unpaired) electrons. The van der Waals surface area contributed by atoms with Gasteiger partial charge in [-0.1, -0.05) is 6.07 Å². The molecule has 0 aliphatic rings. The van der Waals surface area contributed by atoms with Gasteiger partial charge in [0.05, 0.1) is 19.9 Å². The number of carbonyl (C=O) groups excluding carboxylic acids is 1. The Morgan fingerprint density at radius 1 is 1.15 bits per heavy atom. The van der Waals surface area contributed by atoms with Gasteiger partial charge in [-0.25, -0.2) is 0 Å². The number of amides is 1. The predicted octanol–water partition coefficient (Wildman–Crippen LogP) is -0.124. The fraction of sp³-hybridized carbons (Fsp3) is 0.421. The van der Waals surface area contributed by atoms with Gasteiger partial charge in [0.1, 0.15) is 5.76 Å². The van der Waals surface area contributed by atoms with Crippen molar-refractivity contribution in [2.24, 2.45) is 0 Å². The molecule has 0 aliphatic carbocycles. The number of methoxy groups -OCH3 is 1. The second-order valence-electron chi connectivity index (χ2n) is 6.75. The maximum Gasteiger partial charge on any atom is 0.258 e. The van der Waals surface area contributed by atoms with E-state index in [-0.39, 0.29) is 30.5 Å². The summed E-state index contributed by atoms with van der Waals surface area (Å²) in [6.07, 6.45) is 1.65. The molecule has 2 aromatic rings. The van der Waals surface area contributed by atoms with E-state index in [0.717, 1.165) is 11.3 Å². The van der Waals surface area contributed by atoms with Crippen LogP contribution in [-0.2, 0) is 17.9 Å². The summed E-state index contributed by atoms with van der Waals surface area (Å²) in [5.74, 6) is 1.86. The maximum absolute atomic E-state index is 11.9. The highest BCUT2D eigenvalue weighted by atomic mass is 35.5. The molecular weight excluding hydrogens is 356 g/mol. The van der Waals surface area contributed by atoms with Gasteiger partial charge in [-0.3, -0.25) is 4.79 Å². The second kappa shape index (κ2) is 10.1. The minimum atomic E-state index is -0.284. The number of halogens is 1. The zero-order valence-corrected chi connectivity index (χ0v) is 16.4. The molecule has 0 atom stereocenters. The summed E-state index contributed by atoms with van der Waals surface area (Å²) < 4.78 is 16.2. The molecule has 0 aliphatic heterocycles. The number of hydrogen-bond donors (Lipinski definition) is 2. The van der Waals surface area contributed by atoms with Crippen molar-refractivity contribution < 1.29 is 31.1 Å². The Bertz CT molecular complexity index is 681. The van der Waals surface area contributed by atoms with Crippen LogP contribution in [0.5, 0.6) is 11.5 Å². The van der Waals surface area contributed by atoms with E-state index >= 15 is 0 Å². The standard InChI is InChI=1S/C19H26N2O4.ClH/c1-19(2,3)21-18(22)13-25-16-8-7-14(10-17(16)23-4)11-20-12-15-6-5-9-24-15;/h5-10,20H,11-13H2,1-4H3,(H,21,22);1H/p-1. The van der Waals surface area contributed by atoms with Gasteiger partial charge in [-0.05, 0) is 50.6 Å². The Kier molecular flexibility index (Phi) is 8.48. The minimum absolute atomic E-state index is 0. The zero-order valence-electron chi connectivity index (χ0n) is 15.6. The smallest absolute Gasteiger partial charge is 0.258 e. The average molecular weight is 382 g/mol. The van der Waals surface area contributed by atoms with Crippen LogP contribution >= 0.6 is 0 Å². The number of hydrogen-bond acceptors (Lipinski definition) is 5. The monoisotopic (exact) mass is 381 g/mol. The van der Waals surface area contributed by atoms with Gasteiger partial charge in [0.15, 0.2) is 18.1 Å². The van der Waals surface area contributed by atoms with Gasteiger partial charge in [0, 0.05) is 12.1 Å². The van der Waals surface area contributed by atoms with Crippen molar-refractivity contribution in [3.05, 3.63) is 47.9 Å². The molecule has 7 heteroatoms. The first-order valence-corrected chi connectivity index (χ1v) is 8.21. The molecule has 0 saturated heterocycles. The summed E-state index contributed by atoms with van der Waals surface area (Å²) in [6.45, 7) is 7.05. The molecule has 2 N–H and O–H groups in total. The normalized spacial score (nSPS) is 10.8. The Labute approximate surface area is 160 Å². The average Bonchev–Trinajstić information content (AvgIpc) is 3.05. The Morgan fingerprint density at radius 3 is 2.54 bits per heavy atom. The van der Waals surface area contributed by atoms with Crippen LogP contribution in [0.15, 0.2) is 41.0 Å². The van der Waals surface area contributed by atoms with E-state index in [0.29, 0.717) is 24.6 Å². The first kappa shape index (κ1) is 21.9. The van der Waals surface area contributed by atoms with E-state index in [9.17, 15) is 4.79 Å². The predicted molar refractivity (Wildman–Crippen MR) is 95.6 cm³/mol. The quantitative estimate of drug-likeness (QED) is 0.666. The molecule has 1 aromatic carbocycles. The third-order valence-corrected chi connectivity index (χ3v) is 3.31. The van der Waals surface area contributed by atoms with Crippen LogP contribution in [0.2, 0.25) is 0 Å². The maximum atomic E-state index is 11.9. The summed E-state index contributed by atoms with van der Waals surface area (Å²) in [6, 6.07) is 9.43. The lowest BCUT2D eigenvalue weighted by atomic mass is 10.1. The Hall–Kier alpha value is -2.18. The van der Waals surface area contributed by atoms with Gasteiger partial charge in [-0.15, -0.1) is 0 Å². The highest BCUT2D eigenvalue weighted by molar-refractivity contribution is 5.78. The van der Waals surface area contributed by atoms with Gasteiger partial charge in [-0.2, -0.15) is 0 Å². The minimum Gasteiger partial charge on any atom is -1.00 e. The molecule has 6 nitrogen and oxygen atoms in total. The highest BCUT2D eigenvalue weighted by Gasteiger charge is 2.15. The Morgan fingerprint density at radius 2 is 1.92 bits per heavy atom. The van der Waals surface area contributed by atoms with Crippen LogP contribution in [0.4, 0.5) is 0 Å². The number of carbonyl (C=O) groups is 1. The lowest BCUT2D eigenvalue weighted by Crippen LogP contribution is -3.00. The van der Waals surface area contributed by atoms with Crippen LogP contribution in [0.25, 0.3) is 0 Å². The van der Waals surface area contributed by atoms with Crippen molar-refractivity contribution in [3.8, 4) is 11.5 Å². The van der Waals surface area contributed by atoms with Crippen LogP contribution in [-0.4, -0.2) is 25.2 Å². The molecule has 1 amide bonds. The first-order chi connectivity index (χ1) is 11.9. The molecule has 1 aromatic heterocycles. The molecule has 0 fully saturated rings. The summed E-state index contributed by atoms with van der Waals surface area (Å²) >= 11 is 0. The van der Waals surface area contributed by atoms with Gasteiger partial charge in [0.2, 0.25) is 0 Å². The van der Waals surface area contributed by atoms with Crippen molar-refractivity contribution >= 4 is 5.91 Å². The molecule has 1 heterocycles. The zero-order chi connectivity index (χ0) is 18.3. The van der Waals surface area contributed by atoms with Crippen molar-refractivity contribution in [2.75, 3.05) is 13.7 Å². The van der Waals surface area contributed by atoms with Crippen molar-refractivity contribution in [2.45, 2.75) is 39.4 Å². The molecular formula is C19H26ClN2O4-. The Balaban J connectivity index is 0.00000338. The van der Waals surface area contributed by atoms with Gasteiger partial charge >= 0.3 is 0 Å². The number of furan rings is 1. The summed E-state index contributed by atoms with van der Waals surface area (Å²) in [4.78, 5) is 11.9. The molecule has 0 saturated carbocycles. The summed E-state index contributed by atoms with van der Waals surface area (Å²) in [7, 11) is 1.58. The van der Waals surface area contributed by atoms with Crippen LogP contribution in [0.3, 0.4) is 0 Å². The lowest BCUT2D eigenvalue weighted by molar-refractivity contribution is -0.124. The highest BCUT2D eigenvalue weighted by Crippen LogP contribution is 2.28. The molecule has 0 spiro atoms. The molecule has 0 bridgehead atoms. The SMILES string of the molecule is COc1cc(CNCc2ccco2)ccc1OCC(=O)NC(C)(C)C.[Cl-].